The molecule has 0 aliphatic rings. The number of ether oxygens (including phenoxy) is 1. The Morgan fingerprint density at radius 3 is 2.60 bits per heavy atom. The Balaban J connectivity index is 1.72. The SMILES string of the molecule is C[C@@H](OC(=O)/C=C/c1cn(-c2ccccc2)nc1-c1cc2ccccc2o1)C(N)=O. The third-order valence-corrected chi connectivity index (χ3v) is 4.51. The van der Waals surface area contributed by atoms with Crippen LogP contribution in [0.3, 0.4) is 0 Å². The van der Waals surface area contributed by atoms with Gasteiger partial charge in [0.05, 0.1) is 5.69 Å². The van der Waals surface area contributed by atoms with Crippen LogP contribution >= 0.6 is 0 Å². The number of primary amides is 1. The number of hydrogen-bond donors (Lipinski definition) is 1. The van der Waals surface area contributed by atoms with Crippen LogP contribution in [0.2, 0.25) is 0 Å². The minimum absolute atomic E-state index is 0.571. The summed E-state index contributed by atoms with van der Waals surface area (Å²) in [7, 11) is 0. The molecule has 1 amide bonds. The number of fused-ring (bicyclic) bond motifs is 1. The molecular weight excluding hydrogens is 382 g/mol. The van der Waals surface area contributed by atoms with Crippen molar-refractivity contribution in [3.8, 4) is 17.1 Å². The van der Waals surface area contributed by atoms with Gasteiger partial charge >= 0.3 is 5.97 Å². The van der Waals surface area contributed by atoms with Gasteiger partial charge in [-0.2, -0.15) is 5.10 Å². The topological polar surface area (TPSA) is 100 Å². The number of nitrogens with two attached hydrogens (primary N) is 1. The zero-order valence-corrected chi connectivity index (χ0v) is 16.2. The summed E-state index contributed by atoms with van der Waals surface area (Å²) in [6.45, 7) is 1.42. The van der Waals surface area contributed by atoms with Gasteiger partial charge in [-0.15, -0.1) is 0 Å². The molecule has 0 saturated carbocycles. The minimum atomic E-state index is -1.01. The average Bonchev–Trinajstić information content (AvgIpc) is 3.36. The van der Waals surface area contributed by atoms with E-state index in [2.05, 4.69) is 5.10 Å². The summed E-state index contributed by atoms with van der Waals surface area (Å²) in [6, 6.07) is 19.2. The molecule has 0 radical (unpaired) electrons. The van der Waals surface area contributed by atoms with E-state index in [1.165, 1.54) is 13.0 Å². The highest BCUT2D eigenvalue weighted by Crippen LogP contribution is 2.30. The van der Waals surface area contributed by atoms with Crippen LogP contribution < -0.4 is 5.73 Å². The molecule has 4 rings (SSSR count). The Hall–Kier alpha value is -4.13. The van der Waals surface area contributed by atoms with Crippen LogP contribution in [0.15, 0.2) is 77.4 Å². The summed E-state index contributed by atoms with van der Waals surface area (Å²) < 4.78 is 12.6. The van der Waals surface area contributed by atoms with Crippen molar-refractivity contribution in [2.45, 2.75) is 13.0 Å². The Kier molecular flexibility index (Phi) is 5.17. The fraction of sp³-hybridized carbons (Fsp3) is 0.0870. The molecule has 4 aromatic rings. The number of para-hydroxylation sites is 2. The van der Waals surface area contributed by atoms with E-state index in [4.69, 9.17) is 14.9 Å². The van der Waals surface area contributed by atoms with Crippen molar-refractivity contribution in [1.82, 2.24) is 9.78 Å². The molecule has 7 heteroatoms. The first-order valence-corrected chi connectivity index (χ1v) is 9.33. The van der Waals surface area contributed by atoms with E-state index in [-0.39, 0.29) is 0 Å². The molecule has 0 fully saturated rings. The van der Waals surface area contributed by atoms with E-state index in [0.717, 1.165) is 16.7 Å². The number of benzene rings is 2. The van der Waals surface area contributed by atoms with Crippen molar-refractivity contribution >= 4 is 28.9 Å². The third kappa shape index (κ3) is 4.00. The summed E-state index contributed by atoms with van der Waals surface area (Å²) in [6.07, 6.45) is 3.59. The number of furan rings is 1. The fourth-order valence-corrected chi connectivity index (χ4v) is 2.94. The quantitative estimate of drug-likeness (QED) is 0.392. The maximum atomic E-state index is 12.0. The van der Waals surface area contributed by atoms with Gasteiger partial charge in [0.15, 0.2) is 11.9 Å². The number of hydrogen-bond acceptors (Lipinski definition) is 5. The van der Waals surface area contributed by atoms with E-state index in [9.17, 15) is 9.59 Å². The first-order valence-electron chi connectivity index (χ1n) is 9.33. The number of carbonyl (C=O) groups is 2. The van der Waals surface area contributed by atoms with Gasteiger partial charge in [-0.05, 0) is 37.3 Å². The number of rotatable bonds is 6. The predicted octanol–water partition coefficient (Wildman–Crippen LogP) is 3.72. The molecular formula is C23H19N3O4. The molecule has 30 heavy (non-hydrogen) atoms. The second-order valence-corrected chi connectivity index (χ2v) is 6.68. The van der Waals surface area contributed by atoms with Crippen LogP contribution in [0.5, 0.6) is 0 Å². The number of esters is 1. The molecule has 150 valence electrons. The van der Waals surface area contributed by atoms with Crippen LogP contribution in [0.4, 0.5) is 0 Å². The van der Waals surface area contributed by atoms with Crippen molar-refractivity contribution in [3.63, 3.8) is 0 Å². The summed E-state index contributed by atoms with van der Waals surface area (Å²) in [5.41, 5.74) is 7.96. The van der Waals surface area contributed by atoms with Gasteiger partial charge in [0.1, 0.15) is 11.3 Å². The number of amides is 1. The van der Waals surface area contributed by atoms with Crippen LogP contribution in [0.1, 0.15) is 12.5 Å². The van der Waals surface area contributed by atoms with E-state index < -0.39 is 18.0 Å². The zero-order valence-electron chi connectivity index (χ0n) is 16.2. The van der Waals surface area contributed by atoms with Crippen molar-refractivity contribution in [3.05, 3.63) is 78.5 Å². The van der Waals surface area contributed by atoms with Gasteiger partial charge < -0.3 is 14.9 Å². The maximum absolute atomic E-state index is 12.0. The minimum Gasteiger partial charge on any atom is -0.454 e. The van der Waals surface area contributed by atoms with Crippen LogP contribution in [0, 0.1) is 0 Å². The number of nitrogens with zero attached hydrogens (tertiary/aromatic N) is 2. The molecule has 2 aromatic heterocycles. The first kappa shape index (κ1) is 19.2. The van der Waals surface area contributed by atoms with Gasteiger partial charge in [-0.3, -0.25) is 4.79 Å². The molecule has 0 unspecified atom stereocenters. The second-order valence-electron chi connectivity index (χ2n) is 6.68. The standard InChI is InChI=1S/C23H19N3O4/c1-15(23(24)28)29-21(27)12-11-17-14-26(18-8-3-2-4-9-18)25-22(17)20-13-16-7-5-6-10-19(16)30-20/h2-15H,1H3,(H2,24,28)/b12-11+/t15-/m1/s1. The van der Waals surface area contributed by atoms with Crippen molar-refractivity contribution in [2.75, 3.05) is 0 Å². The summed E-state index contributed by atoms with van der Waals surface area (Å²) in [5, 5.41) is 5.61. The predicted molar refractivity (Wildman–Crippen MR) is 113 cm³/mol. The van der Waals surface area contributed by atoms with Gasteiger partial charge in [-0.1, -0.05) is 36.4 Å². The van der Waals surface area contributed by atoms with Gasteiger partial charge in [0.25, 0.3) is 5.91 Å². The molecule has 0 aliphatic heterocycles. The third-order valence-electron chi connectivity index (χ3n) is 4.51. The molecule has 0 bridgehead atoms. The lowest BCUT2D eigenvalue weighted by molar-refractivity contribution is -0.148. The molecule has 7 nitrogen and oxygen atoms in total. The lowest BCUT2D eigenvalue weighted by Gasteiger charge is -2.06. The summed E-state index contributed by atoms with van der Waals surface area (Å²) in [4.78, 5) is 23.1. The van der Waals surface area contributed by atoms with E-state index >= 15 is 0 Å². The molecule has 0 saturated heterocycles. The number of carbonyl (C=O) groups excluding carboxylic acids is 2. The molecule has 1 atom stereocenters. The average molecular weight is 401 g/mol. The van der Waals surface area contributed by atoms with Gasteiger partial charge in [-0.25, -0.2) is 9.48 Å². The summed E-state index contributed by atoms with van der Waals surface area (Å²) >= 11 is 0. The summed E-state index contributed by atoms with van der Waals surface area (Å²) in [5.74, 6) is -0.815. The van der Waals surface area contributed by atoms with Gasteiger partial charge in [0, 0.05) is 23.2 Å². The van der Waals surface area contributed by atoms with Gasteiger partial charge in [0.2, 0.25) is 0 Å². The van der Waals surface area contributed by atoms with E-state index in [0.29, 0.717) is 17.0 Å². The zero-order chi connectivity index (χ0) is 21.1. The van der Waals surface area contributed by atoms with Crippen molar-refractivity contribution < 1.29 is 18.7 Å². The number of aromatic nitrogens is 2. The highest BCUT2D eigenvalue weighted by Gasteiger charge is 2.16. The smallest absolute Gasteiger partial charge is 0.331 e. The highest BCUT2D eigenvalue weighted by molar-refractivity contribution is 5.91. The molecule has 2 N–H and O–H groups in total. The monoisotopic (exact) mass is 401 g/mol. The molecule has 0 spiro atoms. The molecule has 0 aliphatic carbocycles. The van der Waals surface area contributed by atoms with Crippen LogP contribution in [0.25, 0.3) is 34.2 Å². The Labute approximate surface area is 172 Å². The fourth-order valence-electron chi connectivity index (χ4n) is 2.94. The lowest BCUT2D eigenvalue weighted by Crippen LogP contribution is -2.29. The molecule has 2 aromatic carbocycles. The highest BCUT2D eigenvalue weighted by atomic mass is 16.5. The van der Waals surface area contributed by atoms with Crippen molar-refractivity contribution in [1.29, 1.82) is 0 Å². The first-order chi connectivity index (χ1) is 14.5. The molecule has 2 heterocycles. The Morgan fingerprint density at radius 1 is 1.13 bits per heavy atom. The largest absolute Gasteiger partial charge is 0.454 e. The van der Waals surface area contributed by atoms with Crippen LogP contribution in [-0.2, 0) is 14.3 Å². The van der Waals surface area contributed by atoms with E-state index in [1.54, 1.807) is 17.0 Å². The van der Waals surface area contributed by atoms with E-state index in [1.807, 2.05) is 60.7 Å². The second kappa shape index (κ2) is 8.08. The Morgan fingerprint density at radius 2 is 1.87 bits per heavy atom. The van der Waals surface area contributed by atoms with Crippen LogP contribution in [-0.4, -0.2) is 27.8 Å². The van der Waals surface area contributed by atoms with Crippen molar-refractivity contribution in [2.24, 2.45) is 5.73 Å². The Bertz CT molecular complexity index is 1200. The normalized spacial score (nSPS) is 12.3. The lowest BCUT2D eigenvalue weighted by atomic mass is 10.2. The maximum Gasteiger partial charge on any atom is 0.331 e.